The highest BCUT2D eigenvalue weighted by molar-refractivity contribution is 9.10. The molecule has 2 aromatic heterocycles. The van der Waals surface area contributed by atoms with E-state index in [0.717, 1.165) is 41.4 Å². The molecule has 24 heavy (non-hydrogen) atoms. The van der Waals surface area contributed by atoms with Crippen molar-refractivity contribution in [3.05, 3.63) is 40.8 Å². The largest absolute Gasteiger partial charge is 0.353 e. The van der Waals surface area contributed by atoms with Gasteiger partial charge in [0.1, 0.15) is 5.82 Å². The predicted octanol–water partition coefficient (Wildman–Crippen LogP) is 2.75. The number of carbonyl (C=O) groups is 1. The predicted molar refractivity (Wildman–Crippen MR) is 98.5 cm³/mol. The van der Waals surface area contributed by atoms with Crippen LogP contribution >= 0.6 is 27.7 Å². The van der Waals surface area contributed by atoms with Crippen LogP contribution in [0.2, 0.25) is 0 Å². The Kier molecular flexibility index (Phi) is 5.68. The Labute approximate surface area is 153 Å². The number of rotatable bonds is 4. The molecule has 0 aliphatic carbocycles. The molecule has 1 N–H and O–H groups in total. The summed E-state index contributed by atoms with van der Waals surface area (Å²) in [6.45, 7) is 1.65. The molecule has 1 aliphatic heterocycles. The molecule has 6 nitrogen and oxygen atoms in total. The molecule has 1 fully saturated rings. The standard InChI is InChI=1S/C16H18BrN5OS/c1-24-16-19-9-13(17)14(21-16)22-7-3-5-12(10-22)20-15(23)11-4-2-6-18-8-11/h2,4,6,8-9,12H,3,5,7,10H2,1H3,(H,20,23). The molecule has 8 heteroatoms. The molecule has 0 saturated carbocycles. The summed E-state index contributed by atoms with van der Waals surface area (Å²) in [5.41, 5.74) is 0.586. The molecule has 1 atom stereocenters. The number of nitrogens with one attached hydrogen (secondary N) is 1. The van der Waals surface area contributed by atoms with Crippen LogP contribution in [-0.2, 0) is 0 Å². The lowest BCUT2D eigenvalue weighted by molar-refractivity contribution is 0.0932. The Hall–Kier alpha value is -1.67. The Morgan fingerprint density at radius 1 is 1.46 bits per heavy atom. The van der Waals surface area contributed by atoms with Gasteiger partial charge in [0, 0.05) is 37.7 Å². The zero-order valence-corrected chi connectivity index (χ0v) is 15.7. The van der Waals surface area contributed by atoms with Crippen molar-refractivity contribution in [2.75, 3.05) is 24.2 Å². The normalized spacial score (nSPS) is 17.6. The zero-order valence-electron chi connectivity index (χ0n) is 13.3. The molecule has 1 aliphatic rings. The van der Waals surface area contributed by atoms with Gasteiger partial charge in [-0.3, -0.25) is 9.78 Å². The van der Waals surface area contributed by atoms with Crippen LogP contribution in [0.25, 0.3) is 0 Å². The first-order valence-corrected chi connectivity index (χ1v) is 9.71. The van der Waals surface area contributed by atoms with E-state index in [9.17, 15) is 4.79 Å². The Bertz CT molecular complexity index is 715. The van der Waals surface area contributed by atoms with Gasteiger partial charge in [0.25, 0.3) is 5.91 Å². The third-order valence-corrected chi connectivity index (χ3v) is 4.99. The van der Waals surface area contributed by atoms with Crippen molar-refractivity contribution in [3.63, 3.8) is 0 Å². The van der Waals surface area contributed by atoms with Gasteiger partial charge in [0.05, 0.1) is 10.0 Å². The fraction of sp³-hybridized carbons (Fsp3) is 0.375. The van der Waals surface area contributed by atoms with E-state index in [0.29, 0.717) is 5.56 Å². The van der Waals surface area contributed by atoms with Gasteiger partial charge in [-0.2, -0.15) is 0 Å². The van der Waals surface area contributed by atoms with Gasteiger partial charge in [-0.05, 0) is 47.2 Å². The maximum absolute atomic E-state index is 12.3. The van der Waals surface area contributed by atoms with E-state index in [2.05, 4.69) is 41.1 Å². The molecule has 1 amide bonds. The smallest absolute Gasteiger partial charge is 0.253 e. The van der Waals surface area contributed by atoms with E-state index in [-0.39, 0.29) is 11.9 Å². The number of amides is 1. The van der Waals surface area contributed by atoms with E-state index < -0.39 is 0 Å². The second kappa shape index (κ2) is 7.94. The van der Waals surface area contributed by atoms with Crippen LogP contribution in [0.4, 0.5) is 5.82 Å². The summed E-state index contributed by atoms with van der Waals surface area (Å²) in [6.07, 6.45) is 8.95. The average Bonchev–Trinajstić information content (AvgIpc) is 2.63. The van der Waals surface area contributed by atoms with Gasteiger partial charge in [0.15, 0.2) is 5.16 Å². The molecule has 0 aromatic carbocycles. The molecule has 2 aromatic rings. The minimum absolute atomic E-state index is 0.0819. The number of thioether (sulfide) groups is 1. The van der Waals surface area contributed by atoms with Gasteiger partial charge in [-0.1, -0.05) is 11.8 Å². The van der Waals surface area contributed by atoms with Crippen LogP contribution < -0.4 is 10.2 Å². The number of anilines is 1. The van der Waals surface area contributed by atoms with E-state index in [1.165, 1.54) is 11.8 Å². The van der Waals surface area contributed by atoms with Crippen molar-refractivity contribution in [1.29, 1.82) is 0 Å². The summed E-state index contributed by atoms with van der Waals surface area (Å²) in [5, 5.41) is 3.84. The lowest BCUT2D eigenvalue weighted by atomic mass is 10.1. The average molecular weight is 408 g/mol. The second-order valence-electron chi connectivity index (χ2n) is 5.53. The molecule has 126 valence electrons. The number of piperidine rings is 1. The van der Waals surface area contributed by atoms with Crippen LogP contribution in [0, 0.1) is 0 Å². The third kappa shape index (κ3) is 4.05. The first kappa shape index (κ1) is 17.2. The zero-order chi connectivity index (χ0) is 16.9. The van der Waals surface area contributed by atoms with Gasteiger partial charge in [-0.15, -0.1) is 0 Å². The Morgan fingerprint density at radius 3 is 3.08 bits per heavy atom. The number of carbonyl (C=O) groups excluding carboxylic acids is 1. The van der Waals surface area contributed by atoms with E-state index in [1.54, 1.807) is 30.7 Å². The van der Waals surface area contributed by atoms with Crippen LogP contribution in [0.15, 0.2) is 40.4 Å². The van der Waals surface area contributed by atoms with Gasteiger partial charge in [0.2, 0.25) is 0 Å². The molecular formula is C16H18BrN5OS. The van der Waals surface area contributed by atoms with Crippen LogP contribution in [0.3, 0.4) is 0 Å². The topological polar surface area (TPSA) is 71.0 Å². The number of halogens is 1. The van der Waals surface area contributed by atoms with E-state index in [1.807, 2.05) is 6.26 Å². The third-order valence-electron chi connectivity index (χ3n) is 3.87. The maximum Gasteiger partial charge on any atom is 0.253 e. The molecule has 0 spiro atoms. The summed E-state index contributed by atoms with van der Waals surface area (Å²) in [4.78, 5) is 27.4. The van der Waals surface area contributed by atoms with Gasteiger partial charge < -0.3 is 10.2 Å². The van der Waals surface area contributed by atoms with Crippen LogP contribution in [0.5, 0.6) is 0 Å². The molecule has 0 radical (unpaired) electrons. The van der Waals surface area contributed by atoms with Crippen molar-refractivity contribution >= 4 is 39.4 Å². The minimum atomic E-state index is -0.0819. The number of hydrogen-bond donors (Lipinski definition) is 1. The molecule has 0 bridgehead atoms. The van der Waals surface area contributed by atoms with Crippen molar-refractivity contribution < 1.29 is 4.79 Å². The number of pyridine rings is 1. The summed E-state index contributed by atoms with van der Waals surface area (Å²) in [6, 6.07) is 3.63. The lowest BCUT2D eigenvalue weighted by Crippen LogP contribution is -2.48. The van der Waals surface area contributed by atoms with Crippen molar-refractivity contribution in [3.8, 4) is 0 Å². The molecule has 3 heterocycles. The monoisotopic (exact) mass is 407 g/mol. The summed E-state index contributed by atoms with van der Waals surface area (Å²) >= 11 is 5.05. The Morgan fingerprint density at radius 2 is 2.33 bits per heavy atom. The minimum Gasteiger partial charge on any atom is -0.353 e. The fourth-order valence-electron chi connectivity index (χ4n) is 2.72. The van der Waals surface area contributed by atoms with Crippen LogP contribution in [-0.4, -0.2) is 46.2 Å². The first-order chi connectivity index (χ1) is 11.7. The highest BCUT2D eigenvalue weighted by Gasteiger charge is 2.24. The fourth-order valence-corrected chi connectivity index (χ4v) is 3.49. The molecule has 3 rings (SSSR count). The maximum atomic E-state index is 12.3. The number of aromatic nitrogens is 3. The highest BCUT2D eigenvalue weighted by atomic mass is 79.9. The summed E-state index contributed by atoms with van der Waals surface area (Å²) < 4.78 is 0.875. The number of nitrogens with zero attached hydrogens (tertiary/aromatic N) is 4. The highest BCUT2D eigenvalue weighted by Crippen LogP contribution is 2.27. The Balaban J connectivity index is 1.69. The second-order valence-corrected chi connectivity index (χ2v) is 7.16. The van der Waals surface area contributed by atoms with Crippen molar-refractivity contribution in [2.24, 2.45) is 0 Å². The number of hydrogen-bond acceptors (Lipinski definition) is 6. The van der Waals surface area contributed by atoms with Crippen molar-refractivity contribution in [2.45, 2.75) is 24.0 Å². The van der Waals surface area contributed by atoms with E-state index >= 15 is 0 Å². The summed E-state index contributed by atoms with van der Waals surface area (Å²) in [5.74, 6) is 0.802. The first-order valence-electron chi connectivity index (χ1n) is 7.69. The molecule has 1 saturated heterocycles. The quantitative estimate of drug-likeness (QED) is 0.620. The summed E-state index contributed by atoms with van der Waals surface area (Å²) in [7, 11) is 0. The van der Waals surface area contributed by atoms with E-state index in [4.69, 9.17) is 0 Å². The van der Waals surface area contributed by atoms with Gasteiger partial charge in [-0.25, -0.2) is 9.97 Å². The lowest BCUT2D eigenvalue weighted by Gasteiger charge is -2.34. The SMILES string of the molecule is CSc1ncc(Br)c(N2CCCC(NC(=O)c3cccnc3)C2)n1. The van der Waals surface area contributed by atoms with Crippen LogP contribution in [0.1, 0.15) is 23.2 Å². The van der Waals surface area contributed by atoms with Crippen molar-refractivity contribution in [1.82, 2.24) is 20.3 Å². The molecular weight excluding hydrogens is 390 g/mol. The molecule has 1 unspecified atom stereocenters. The van der Waals surface area contributed by atoms with Gasteiger partial charge >= 0.3 is 0 Å².